The summed E-state index contributed by atoms with van der Waals surface area (Å²) in [4.78, 5) is 4.34. The van der Waals surface area contributed by atoms with Crippen LogP contribution in [0.3, 0.4) is 0 Å². The predicted octanol–water partition coefficient (Wildman–Crippen LogP) is 3.20. The molecule has 0 aromatic heterocycles. The van der Waals surface area contributed by atoms with Crippen LogP contribution in [0.2, 0.25) is 0 Å². The molecule has 0 aliphatic heterocycles. The summed E-state index contributed by atoms with van der Waals surface area (Å²) in [6, 6.07) is 3.88. The average molecular weight is 507 g/mol. The number of hydrogen-bond acceptors (Lipinski definition) is 5. The quantitative estimate of drug-likeness (QED) is 0.288. The minimum absolute atomic E-state index is 0. The smallest absolute Gasteiger partial charge is 0.203 e. The van der Waals surface area contributed by atoms with Gasteiger partial charge in [-0.05, 0) is 42.4 Å². The molecule has 0 amide bonds. The van der Waals surface area contributed by atoms with Crippen molar-refractivity contribution >= 4 is 29.9 Å². The molecule has 2 rings (SSSR count). The highest BCUT2D eigenvalue weighted by Crippen LogP contribution is 2.43. The first-order valence-electron chi connectivity index (χ1n) is 9.33. The molecule has 0 spiro atoms. The van der Waals surface area contributed by atoms with Gasteiger partial charge in [0.05, 0.1) is 21.3 Å². The number of aliphatic imine (C=N–C) groups is 1. The molecule has 0 saturated heterocycles. The summed E-state index contributed by atoms with van der Waals surface area (Å²) in [5.74, 6) is 2.66. The third kappa shape index (κ3) is 6.30. The summed E-state index contributed by atoms with van der Waals surface area (Å²) in [5.41, 5.74) is 1.35. The number of methoxy groups -OCH3 is 4. The monoisotopic (exact) mass is 507 g/mol. The third-order valence-electron chi connectivity index (χ3n) is 5.29. The van der Waals surface area contributed by atoms with Crippen molar-refractivity contribution in [3.8, 4) is 17.2 Å². The van der Waals surface area contributed by atoms with Gasteiger partial charge in [0.25, 0.3) is 0 Å². The molecule has 1 aliphatic rings. The highest BCUT2D eigenvalue weighted by atomic mass is 127. The molecule has 1 saturated carbocycles. The maximum Gasteiger partial charge on any atom is 0.203 e. The first-order chi connectivity index (χ1) is 13.1. The lowest BCUT2D eigenvalue weighted by molar-refractivity contribution is 0.0732. The van der Waals surface area contributed by atoms with Crippen LogP contribution in [-0.2, 0) is 11.3 Å². The molecule has 1 aromatic carbocycles. The molecule has 160 valence electrons. The fourth-order valence-corrected chi connectivity index (χ4v) is 3.43. The number of benzene rings is 1. The van der Waals surface area contributed by atoms with Crippen molar-refractivity contribution in [1.82, 2.24) is 10.6 Å². The highest BCUT2D eigenvalue weighted by Gasteiger charge is 2.36. The number of nitrogens with zero attached hydrogens (tertiary/aromatic N) is 1. The largest absolute Gasteiger partial charge is 0.493 e. The molecule has 0 bridgehead atoms. The molecule has 0 radical (unpaired) electrons. The number of halogens is 1. The van der Waals surface area contributed by atoms with E-state index in [1.54, 1.807) is 35.5 Å². The van der Waals surface area contributed by atoms with Crippen molar-refractivity contribution in [2.24, 2.45) is 10.4 Å². The average Bonchev–Trinajstić information content (AvgIpc) is 2.67. The van der Waals surface area contributed by atoms with Gasteiger partial charge < -0.3 is 29.6 Å². The number of rotatable bonds is 10. The molecule has 2 N–H and O–H groups in total. The van der Waals surface area contributed by atoms with Gasteiger partial charge in [-0.1, -0.05) is 6.42 Å². The van der Waals surface area contributed by atoms with E-state index in [4.69, 9.17) is 18.9 Å². The summed E-state index contributed by atoms with van der Waals surface area (Å²) >= 11 is 0. The summed E-state index contributed by atoms with van der Waals surface area (Å²) in [7, 11) is 8.38. The van der Waals surface area contributed by atoms with Gasteiger partial charge in [-0.3, -0.25) is 4.99 Å². The number of ether oxygens (including phenoxy) is 4. The van der Waals surface area contributed by atoms with E-state index >= 15 is 0 Å². The zero-order valence-electron chi connectivity index (χ0n) is 17.6. The molecule has 28 heavy (non-hydrogen) atoms. The number of guanidine groups is 1. The van der Waals surface area contributed by atoms with Crippen molar-refractivity contribution in [3.63, 3.8) is 0 Å². The first kappa shape index (κ1) is 24.6. The standard InChI is InChI=1S/C20H33N3O4.HI/c1-21-19(23-14-20(7-6-8-20)9-10-24-2)22-13-15-11-16(25-3)18(27-5)17(12-15)26-4;/h11-12H,6-10,13-14H2,1-5H3,(H2,21,22,23);1H. The van der Waals surface area contributed by atoms with Gasteiger partial charge in [0.2, 0.25) is 5.75 Å². The Morgan fingerprint density at radius 3 is 2.11 bits per heavy atom. The Morgan fingerprint density at radius 1 is 1.04 bits per heavy atom. The van der Waals surface area contributed by atoms with Crippen molar-refractivity contribution in [2.45, 2.75) is 32.2 Å². The zero-order chi connectivity index (χ0) is 19.7. The lowest BCUT2D eigenvalue weighted by Gasteiger charge is -2.42. The molecular formula is C20H34IN3O4. The van der Waals surface area contributed by atoms with E-state index in [9.17, 15) is 0 Å². The second-order valence-corrected chi connectivity index (χ2v) is 6.91. The summed E-state index contributed by atoms with van der Waals surface area (Å²) in [6.07, 6.45) is 4.86. The van der Waals surface area contributed by atoms with E-state index in [1.807, 2.05) is 12.1 Å². The Morgan fingerprint density at radius 2 is 1.68 bits per heavy atom. The van der Waals surface area contributed by atoms with Crippen molar-refractivity contribution < 1.29 is 18.9 Å². The Labute approximate surface area is 185 Å². The predicted molar refractivity (Wildman–Crippen MR) is 122 cm³/mol. The number of hydrogen-bond donors (Lipinski definition) is 2. The molecule has 8 heteroatoms. The molecule has 0 heterocycles. The normalized spacial score (nSPS) is 15.1. The van der Waals surface area contributed by atoms with E-state index in [2.05, 4.69) is 15.6 Å². The topological polar surface area (TPSA) is 73.3 Å². The SMILES string of the molecule is CN=C(NCc1cc(OC)c(OC)c(OC)c1)NCC1(CCOC)CCC1.I. The van der Waals surface area contributed by atoms with Crippen LogP contribution in [0, 0.1) is 5.41 Å². The van der Waals surface area contributed by atoms with E-state index in [1.165, 1.54) is 19.3 Å². The molecular weight excluding hydrogens is 473 g/mol. The molecule has 0 atom stereocenters. The lowest BCUT2D eigenvalue weighted by Crippen LogP contribution is -2.46. The zero-order valence-corrected chi connectivity index (χ0v) is 19.9. The number of nitrogens with one attached hydrogen (secondary N) is 2. The Balaban J connectivity index is 0.00000392. The third-order valence-corrected chi connectivity index (χ3v) is 5.29. The van der Waals surface area contributed by atoms with Gasteiger partial charge >= 0.3 is 0 Å². The molecule has 1 fully saturated rings. The van der Waals surface area contributed by atoms with E-state index < -0.39 is 0 Å². The molecule has 1 aromatic rings. The summed E-state index contributed by atoms with van der Waals surface area (Å²) in [5, 5.41) is 6.83. The summed E-state index contributed by atoms with van der Waals surface area (Å²) in [6.45, 7) is 2.31. The second kappa shape index (κ2) is 12.2. The first-order valence-corrected chi connectivity index (χ1v) is 9.33. The van der Waals surface area contributed by atoms with Gasteiger partial charge in [-0.25, -0.2) is 0 Å². The second-order valence-electron chi connectivity index (χ2n) is 6.91. The van der Waals surface area contributed by atoms with Gasteiger partial charge in [0, 0.05) is 33.9 Å². The van der Waals surface area contributed by atoms with E-state index in [-0.39, 0.29) is 24.0 Å². The Bertz CT molecular complexity index is 611. The molecule has 0 unspecified atom stereocenters. The van der Waals surface area contributed by atoms with Crippen molar-refractivity contribution in [2.75, 3.05) is 48.6 Å². The van der Waals surface area contributed by atoms with Crippen LogP contribution in [-0.4, -0.2) is 54.6 Å². The van der Waals surface area contributed by atoms with Crippen LogP contribution in [0.1, 0.15) is 31.2 Å². The fraction of sp³-hybridized carbons (Fsp3) is 0.650. The van der Waals surface area contributed by atoms with Gasteiger partial charge in [-0.15, -0.1) is 24.0 Å². The molecule has 1 aliphatic carbocycles. The van der Waals surface area contributed by atoms with Crippen LogP contribution in [0.25, 0.3) is 0 Å². The van der Waals surface area contributed by atoms with Crippen LogP contribution in [0.5, 0.6) is 17.2 Å². The lowest BCUT2D eigenvalue weighted by atomic mass is 9.67. The minimum Gasteiger partial charge on any atom is -0.493 e. The Kier molecular flexibility index (Phi) is 10.7. The van der Waals surface area contributed by atoms with Crippen molar-refractivity contribution in [1.29, 1.82) is 0 Å². The van der Waals surface area contributed by atoms with Gasteiger partial charge in [0.15, 0.2) is 17.5 Å². The van der Waals surface area contributed by atoms with Gasteiger partial charge in [-0.2, -0.15) is 0 Å². The maximum absolute atomic E-state index is 5.41. The summed E-state index contributed by atoms with van der Waals surface area (Å²) < 4.78 is 21.5. The van der Waals surface area contributed by atoms with Crippen molar-refractivity contribution in [3.05, 3.63) is 17.7 Å². The van der Waals surface area contributed by atoms with Crippen LogP contribution in [0.4, 0.5) is 0 Å². The van der Waals surface area contributed by atoms with E-state index in [0.29, 0.717) is 29.2 Å². The highest BCUT2D eigenvalue weighted by molar-refractivity contribution is 14.0. The van der Waals surface area contributed by atoms with E-state index in [0.717, 1.165) is 31.1 Å². The fourth-order valence-electron chi connectivity index (χ4n) is 3.43. The minimum atomic E-state index is 0. The van der Waals surface area contributed by atoms with Crippen LogP contribution < -0.4 is 24.8 Å². The molecule has 7 nitrogen and oxygen atoms in total. The Hall–Kier alpha value is -1.42. The van der Waals surface area contributed by atoms with Crippen LogP contribution >= 0.6 is 24.0 Å². The van der Waals surface area contributed by atoms with Crippen LogP contribution in [0.15, 0.2) is 17.1 Å². The van der Waals surface area contributed by atoms with Gasteiger partial charge in [0.1, 0.15) is 0 Å². The maximum atomic E-state index is 5.41.